The topological polar surface area (TPSA) is 80.9 Å². The van der Waals surface area contributed by atoms with E-state index in [2.05, 4.69) is 21.2 Å². The maximum atomic E-state index is 12.9. The zero-order valence-corrected chi connectivity index (χ0v) is 19.8. The molecule has 9 heteroatoms. The highest BCUT2D eigenvalue weighted by Crippen LogP contribution is 2.35. The molecule has 1 fully saturated rings. The lowest BCUT2D eigenvalue weighted by molar-refractivity contribution is 0.0618. The van der Waals surface area contributed by atoms with Crippen molar-refractivity contribution < 1.29 is 18.7 Å². The summed E-state index contributed by atoms with van der Waals surface area (Å²) in [4.78, 5) is 19.6. The average Bonchev–Trinajstić information content (AvgIpc) is 3.50. The van der Waals surface area contributed by atoms with Crippen LogP contribution in [0.1, 0.15) is 39.5 Å². The first-order valence-corrected chi connectivity index (χ1v) is 12.1. The molecular weight excluding hydrogens is 440 g/mol. The lowest BCUT2D eigenvalue weighted by atomic mass is 9.99. The van der Waals surface area contributed by atoms with Gasteiger partial charge in [-0.25, -0.2) is 0 Å². The molecule has 3 heterocycles. The van der Waals surface area contributed by atoms with Gasteiger partial charge in [0.25, 0.3) is 11.8 Å². The fourth-order valence-electron chi connectivity index (χ4n) is 4.47. The van der Waals surface area contributed by atoms with Gasteiger partial charge in [-0.1, -0.05) is 0 Å². The Morgan fingerprint density at radius 3 is 2.58 bits per heavy atom. The maximum absolute atomic E-state index is 12.9. The Bertz CT molecular complexity index is 1110. The van der Waals surface area contributed by atoms with Crippen LogP contribution in [0, 0.1) is 0 Å². The number of ether oxygens (including phenoxy) is 2. The van der Waals surface area contributed by atoms with E-state index >= 15 is 0 Å². The van der Waals surface area contributed by atoms with E-state index in [0.717, 1.165) is 30.8 Å². The summed E-state index contributed by atoms with van der Waals surface area (Å²) >= 11 is 1.78. The average molecular weight is 469 g/mol. The van der Waals surface area contributed by atoms with Gasteiger partial charge in [0.1, 0.15) is 0 Å². The number of fused-ring (bicyclic) bond motifs is 1. The summed E-state index contributed by atoms with van der Waals surface area (Å²) in [7, 11) is 3.15. The van der Waals surface area contributed by atoms with E-state index in [4.69, 9.17) is 13.9 Å². The van der Waals surface area contributed by atoms with Crippen LogP contribution >= 0.6 is 11.3 Å². The Kier molecular flexibility index (Phi) is 6.32. The molecular formula is C24H28N4O4S. The number of aryl methyl sites for hydroxylation is 2. The zero-order valence-electron chi connectivity index (χ0n) is 19.0. The molecule has 0 radical (unpaired) electrons. The molecule has 33 heavy (non-hydrogen) atoms. The number of benzene rings is 1. The number of carbonyl (C=O) groups is 1. The van der Waals surface area contributed by atoms with Crippen molar-refractivity contribution in [1.82, 2.24) is 20.0 Å². The number of rotatable bonds is 6. The summed E-state index contributed by atoms with van der Waals surface area (Å²) in [5.41, 5.74) is 2.04. The van der Waals surface area contributed by atoms with Crippen LogP contribution in [-0.2, 0) is 19.4 Å². The number of hydrogen-bond acceptors (Lipinski definition) is 8. The highest BCUT2D eigenvalue weighted by atomic mass is 32.1. The van der Waals surface area contributed by atoms with Crippen LogP contribution in [0.25, 0.3) is 10.8 Å². The number of piperazine rings is 1. The second-order valence-electron chi connectivity index (χ2n) is 8.41. The monoisotopic (exact) mass is 468 g/mol. The Morgan fingerprint density at radius 2 is 1.82 bits per heavy atom. The number of nitrogens with zero attached hydrogens (tertiary/aromatic N) is 4. The third-order valence-electron chi connectivity index (χ3n) is 6.32. The van der Waals surface area contributed by atoms with Crippen LogP contribution in [0.3, 0.4) is 0 Å². The van der Waals surface area contributed by atoms with E-state index in [1.165, 1.54) is 23.3 Å². The summed E-state index contributed by atoms with van der Waals surface area (Å²) in [5.74, 6) is 2.40. The van der Waals surface area contributed by atoms with E-state index in [-0.39, 0.29) is 5.91 Å². The fraction of sp³-hybridized carbons (Fsp3) is 0.458. The number of methoxy groups -OCH3 is 2. The van der Waals surface area contributed by atoms with Gasteiger partial charge in [0.2, 0.25) is 5.89 Å². The molecule has 1 amide bonds. The summed E-state index contributed by atoms with van der Waals surface area (Å²) < 4.78 is 16.6. The molecule has 1 saturated heterocycles. The van der Waals surface area contributed by atoms with Crippen molar-refractivity contribution >= 4 is 17.2 Å². The van der Waals surface area contributed by atoms with E-state index in [9.17, 15) is 4.79 Å². The van der Waals surface area contributed by atoms with Gasteiger partial charge in [0.05, 0.1) is 25.6 Å². The number of hydrogen-bond donors (Lipinski definition) is 0. The van der Waals surface area contributed by atoms with Gasteiger partial charge in [-0.05, 0) is 55.5 Å². The smallest absolute Gasteiger partial charge is 0.257 e. The molecule has 2 aromatic heterocycles. The minimum absolute atomic E-state index is 0.00246. The van der Waals surface area contributed by atoms with Gasteiger partial charge in [-0.3, -0.25) is 9.69 Å². The predicted molar refractivity (Wildman–Crippen MR) is 125 cm³/mol. The Balaban J connectivity index is 1.17. The molecule has 2 aliphatic rings. The Hall–Kier alpha value is -2.91. The molecule has 0 N–H and O–H groups in total. The van der Waals surface area contributed by atoms with E-state index < -0.39 is 0 Å². The normalized spacial score (nSPS) is 16.5. The van der Waals surface area contributed by atoms with Crippen molar-refractivity contribution in [2.75, 3.05) is 40.4 Å². The van der Waals surface area contributed by atoms with E-state index in [1.54, 1.807) is 43.8 Å². The number of aromatic nitrogens is 2. The zero-order chi connectivity index (χ0) is 22.8. The number of thiophene rings is 1. The molecule has 0 unspecified atom stereocenters. The molecule has 0 spiro atoms. The fourth-order valence-corrected chi connectivity index (χ4v) is 5.64. The van der Waals surface area contributed by atoms with Crippen LogP contribution in [0.4, 0.5) is 0 Å². The molecule has 3 aromatic rings. The largest absolute Gasteiger partial charge is 0.493 e. The van der Waals surface area contributed by atoms with Crippen LogP contribution in [0.5, 0.6) is 11.5 Å². The summed E-state index contributed by atoms with van der Waals surface area (Å²) in [5, 5.41) is 8.56. The molecule has 0 atom stereocenters. The van der Waals surface area contributed by atoms with Gasteiger partial charge in [0.15, 0.2) is 11.5 Å². The molecule has 8 nitrogen and oxygen atoms in total. The summed E-state index contributed by atoms with van der Waals surface area (Å²) in [6, 6.07) is 7.49. The SMILES string of the molecule is COc1ccc(C(=O)N2CCN(Cc3nnc(-c4cc5c(s4)CCCC5)o3)CC2)cc1OC. The third kappa shape index (κ3) is 4.60. The maximum Gasteiger partial charge on any atom is 0.257 e. The van der Waals surface area contributed by atoms with Crippen molar-refractivity contribution in [1.29, 1.82) is 0 Å². The van der Waals surface area contributed by atoms with Crippen molar-refractivity contribution in [3.63, 3.8) is 0 Å². The number of amides is 1. The van der Waals surface area contributed by atoms with Gasteiger partial charge in [0, 0.05) is 36.6 Å². The van der Waals surface area contributed by atoms with Crippen LogP contribution in [-0.4, -0.2) is 66.3 Å². The minimum Gasteiger partial charge on any atom is -0.493 e. The lowest BCUT2D eigenvalue weighted by Gasteiger charge is -2.34. The van der Waals surface area contributed by atoms with Crippen molar-refractivity contribution in [2.24, 2.45) is 0 Å². The van der Waals surface area contributed by atoms with Crippen LogP contribution < -0.4 is 9.47 Å². The minimum atomic E-state index is -0.00246. The summed E-state index contributed by atoms with van der Waals surface area (Å²) in [6.45, 7) is 3.39. The Morgan fingerprint density at radius 1 is 1.03 bits per heavy atom. The quantitative estimate of drug-likeness (QED) is 0.546. The molecule has 1 aliphatic carbocycles. The second kappa shape index (κ2) is 9.52. The van der Waals surface area contributed by atoms with E-state index in [1.807, 2.05) is 4.90 Å². The summed E-state index contributed by atoms with van der Waals surface area (Å²) in [6.07, 6.45) is 4.84. The molecule has 0 bridgehead atoms. The first-order valence-electron chi connectivity index (χ1n) is 11.3. The van der Waals surface area contributed by atoms with Gasteiger partial charge >= 0.3 is 0 Å². The predicted octanol–water partition coefficient (Wildman–Crippen LogP) is 3.65. The van der Waals surface area contributed by atoms with Crippen LogP contribution in [0.2, 0.25) is 0 Å². The van der Waals surface area contributed by atoms with Crippen LogP contribution in [0.15, 0.2) is 28.7 Å². The van der Waals surface area contributed by atoms with Crippen molar-refractivity contribution in [3.8, 4) is 22.3 Å². The first-order chi connectivity index (χ1) is 16.1. The standard InChI is InChI=1S/C24H28N4O4S/c1-30-18-8-7-17(13-19(18)31-2)24(29)28-11-9-27(10-12-28)15-22-25-26-23(32-22)21-14-16-5-3-4-6-20(16)33-21/h7-8,13-14H,3-6,9-12,15H2,1-2H3. The Labute approximate surface area is 197 Å². The van der Waals surface area contributed by atoms with E-state index in [0.29, 0.717) is 48.5 Å². The highest BCUT2D eigenvalue weighted by Gasteiger charge is 2.25. The van der Waals surface area contributed by atoms with Gasteiger partial charge in [-0.15, -0.1) is 21.5 Å². The third-order valence-corrected chi connectivity index (χ3v) is 7.55. The van der Waals surface area contributed by atoms with Crippen molar-refractivity contribution in [2.45, 2.75) is 32.2 Å². The molecule has 1 aliphatic heterocycles. The first kappa shape index (κ1) is 21.9. The van der Waals surface area contributed by atoms with Crippen molar-refractivity contribution in [3.05, 3.63) is 46.2 Å². The molecule has 1 aromatic carbocycles. The lowest BCUT2D eigenvalue weighted by Crippen LogP contribution is -2.48. The van der Waals surface area contributed by atoms with Gasteiger partial charge in [-0.2, -0.15) is 0 Å². The molecule has 174 valence electrons. The molecule has 0 saturated carbocycles. The molecule has 5 rings (SSSR count). The van der Waals surface area contributed by atoms with Gasteiger partial charge < -0.3 is 18.8 Å². The number of carbonyl (C=O) groups excluding carboxylic acids is 1. The highest BCUT2D eigenvalue weighted by molar-refractivity contribution is 7.15. The second-order valence-corrected chi connectivity index (χ2v) is 9.54.